The van der Waals surface area contributed by atoms with Crippen molar-refractivity contribution in [1.82, 2.24) is 4.40 Å². The SMILES string of the molecule is COc1ccc2cc(C(F)(F)F)c(C)n2c1. The van der Waals surface area contributed by atoms with Crippen LogP contribution in [0.3, 0.4) is 0 Å². The van der Waals surface area contributed by atoms with Gasteiger partial charge in [-0.2, -0.15) is 13.2 Å². The molecule has 0 bridgehead atoms. The van der Waals surface area contributed by atoms with Crippen molar-refractivity contribution in [1.29, 1.82) is 0 Å². The van der Waals surface area contributed by atoms with Gasteiger partial charge in [-0.25, -0.2) is 0 Å². The Kier molecular flexibility index (Phi) is 2.33. The maximum absolute atomic E-state index is 12.6. The number of aromatic nitrogens is 1. The Hall–Kier alpha value is -1.65. The van der Waals surface area contributed by atoms with Crippen molar-refractivity contribution in [3.05, 3.63) is 35.7 Å². The maximum Gasteiger partial charge on any atom is 0.418 e. The van der Waals surface area contributed by atoms with E-state index in [0.717, 1.165) is 6.07 Å². The summed E-state index contributed by atoms with van der Waals surface area (Å²) < 4.78 is 44.3. The van der Waals surface area contributed by atoms with E-state index in [0.29, 0.717) is 11.3 Å². The highest BCUT2D eigenvalue weighted by molar-refractivity contribution is 5.55. The molecule has 0 radical (unpaired) electrons. The molecular weight excluding hydrogens is 219 g/mol. The molecular formula is C11H10F3NO. The molecule has 0 unspecified atom stereocenters. The van der Waals surface area contributed by atoms with Crippen molar-refractivity contribution >= 4 is 5.52 Å². The van der Waals surface area contributed by atoms with E-state index in [4.69, 9.17) is 4.74 Å². The summed E-state index contributed by atoms with van der Waals surface area (Å²) in [7, 11) is 1.48. The Balaban J connectivity index is 2.69. The maximum atomic E-state index is 12.6. The van der Waals surface area contributed by atoms with E-state index in [9.17, 15) is 13.2 Å². The van der Waals surface area contributed by atoms with Crippen molar-refractivity contribution in [2.24, 2.45) is 0 Å². The van der Waals surface area contributed by atoms with Gasteiger partial charge in [0.2, 0.25) is 0 Å². The summed E-state index contributed by atoms with van der Waals surface area (Å²) in [6, 6.07) is 4.37. The number of rotatable bonds is 1. The predicted molar refractivity (Wildman–Crippen MR) is 53.7 cm³/mol. The number of hydrogen-bond donors (Lipinski definition) is 0. The first-order chi connectivity index (χ1) is 7.43. The molecule has 16 heavy (non-hydrogen) atoms. The van der Waals surface area contributed by atoms with Crippen LogP contribution in [0.15, 0.2) is 24.4 Å². The number of aryl methyl sites for hydroxylation is 1. The van der Waals surface area contributed by atoms with E-state index in [1.165, 1.54) is 18.4 Å². The first-order valence-electron chi connectivity index (χ1n) is 4.66. The fourth-order valence-corrected chi connectivity index (χ4v) is 1.69. The molecule has 0 amide bonds. The van der Waals surface area contributed by atoms with Crippen LogP contribution in [0, 0.1) is 6.92 Å². The van der Waals surface area contributed by atoms with Crippen molar-refractivity contribution in [3.63, 3.8) is 0 Å². The summed E-state index contributed by atoms with van der Waals surface area (Å²) in [5.41, 5.74) is 0.0628. The van der Waals surface area contributed by atoms with Gasteiger partial charge in [-0.1, -0.05) is 0 Å². The molecule has 2 heterocycles. The third-order valence-corrected chi connectivity index (χ3v) is 2.54. The lowest BCUT2D eigenvalue weighted by Gasteiger charge is -2.05. The molecule has 5 heteroatoms. The second kappa shape index (κ2) is 3.43. The Bertz CT molecular complexity index is 528. The van der Waals surface area contributed by atoms with Crippen LogP contribution in [-0.4, -0.2) is 11.5 Å². The zero-order chi connectivity index (χ0) is 11.9. The fourth-order valence-electron chi connectivity index (χ4n) is 1.69. The molecule has 2 rings (SSSR count). The minimum absolute atomic E-state index is 0.168. The number of fused-ring (bicyclic) bond motifs is 1. The molecule has 0 atom stereocenters. The van der Waals surface area contributed by atoms with Gasteiger partial charge in [0.15, 0.2) is 0 Å². The van der Waals surface area contributed by atoms with Crippen molar-refractivity contribution in [2.75, 3.05) is 7.11 Å². The van der Waals surface area contributed by atoms with Crippen LogP contribution in [0.4, 0.5) is 13.2 Å². The van der Waals surface area contributed by atoms with E-state index >= 15 is 0 Å². The molecule has 2 aromatic rings. The van der Waals surface area contributed by atoms with Gasteiger partial charge in [-0.05, 0) is 25.1 Å². The number of hydrogen-bond acceptors (Lipinski definition) is 1. The topological polar surface area (TPSA) is 13.6 Å². The van der Waals surface area contributed by atoms with Gasteiger partial charge < -0.3 is 9.14 Å². The molecule has 0 N–H and O–H groups in total. The number of pyridine rings is 1. The van der Waals surface area contributed by atoms with Crippen LogP contribution in [0.1, 0.15) is 11.3 Å². The van der Waals surface area contributed by atoms with Crippen molar-refractivity contribution in [3.8, 4) is 5.75 Å². The standard InChI is InChI=1S/C11H10F3NO/c1-7-10(11(12,13)14)5-8-3-4-9(16-2)6-15(7)8/h3-6H,1-2H3. The van der Waals surface area contributed by atoms with Crippen LogP contribution >= 0.6 is 0 Å². The third kappa shape index (κ3) is 1.62. The molecule has 0 aliphatic rings. The lowest BCUT2D eigenvalue weighted by atomic mass is 10.2. The fraction of sp³-hybridized carbons (Fsp3) is 0.273. The van der Waals surface area contributed by atoms with Gasteiger partial charge in [-0.15, -0.1) is 0 Å². The summed E-state index contributed by atoms with van der Waals surface area (Å²) in [6.07, 6.45) is -2.77. The third-order valence-electron chi connectivity index (χ3n) is 2.54. The number of methoxy groups -OCH3 is 1. The average Bonchev–Trinajstić information content (AvgIpc) is 2.55. The normalized spacial score (nSPS) is 12.1. The van der Waals surface area contributed by atoms with E-state index in [1.807, 2.05) is 0 Å². The number of ether oxygens (including phenoxy) is 1. The number of alkyl halides is 3. The molecule has 0 fully saturated rings. The van der Waals surface area contributed by atoms with E-state index in [1.54, 1.807) is 18.3 Å². The monoisotopic (exact) mass is 229 g/mol. The summed E-state index contributed by atoms with van der Waals surface area (Å²) in [6.45, 7) is 1.44. The van der Waals surface area contributed by atoms with Gasteiger partial charge in [0.1, 0.15) is 5.75 Å². The minimum atomic E-state index is -4.32. The first kappa shape index (κ1) is 10.9. The molecule has 0 aliphatic heterocycles. The average molecular weight is 229 g/mol. The largest absolute Gasteiger partial charge is 0.495 e. The lowest BCUT2D eigenvalue weighted by Crippen LogP contribution is -2.05. The van der Waals surface area contributed by atoms with Gasteiger partial charge in [0.25, 0.3) is 0 Å². The summed E-state index contributed by atoms with van der Waals surface area (Å²) >= 11 is 0. The van der Waals surface area contributed by atoms with E-state index in [2.05, 4.69) is 0 Å². The lowest BCUT2D eigenvalue weighted by molar-refractivity contribution is -0.137. The Morgan fingerprint density at radius 2 is 1.94 bits per heavy atom. The zero-order valence-corrected chi connectivity index (χ0v) is 8.80. The van der Waals surface area contributed by atoms with Crippen LogP contribution in [0.5, 0.6) is 5.75 Å². The van der Waals surface area contributed by atoms with Crippen molar-refractivity contribution in [2.45, 2.75) is 13.1 Å². The first-order valence-corrected chi connectivity index (χ1v) is 4.66. The van der Waals surface area contributed by atoms with Crippen LogP contribution in [-0.2, 0) is 6.18 Å². The van der Waals surface area contributed by atoms with Gasteiger partial charge in [0.05, 0.1) is 18.9 Å². The van der Waals surface area contributed by atoms with Gasteiger partial charge in [0, 0.05) is 11.2 Å². The quantitative estimate of drug-likeness (QED) is 0.731. The summed E-state index contributed by atoms with van der Waals surface area (Å²) in [4.78, 5) is 0. The highest BCUT2D eigenvalue weighted by Gasteiger charge is 2.34. The Morgan fingerprint density at radius 1 is 1.25 bits per heavy atom. The van der Waals surface area contributed by atoms with Gasteiger partial charge >= 0.3 is 6.18 Å². The van der Waals surface area contributed by atoms with Gasteiger partial charge in [-0.3, -0.25) is 0 Å². The number of nitrogens with zero attached hydrogens (tertiary/aromatic N) is 1. The van der Waals surface area contributed by atoms with Crippen LogP contribution in [0.2, 0.25) is 0 Å². The molecule has 0 aliphatic carbocycles. The molecule has 2 nitrogen and oxygen atoms in total. The smallest absolute Gasteiger partial charge is 0.418 e. The van der Waals surface area contributed by atoms with E-state index < -0.39 is 11.7 Å². The Morgan fingerprint density at radius 3 is 2.50 bits per heavy atom. The molecule has 0 saturated carbocycles. The Labute approximate surface area is 90.3 Å². The molecule has 86 valence electrons. The summed E-state index contributed by atoms with van der Waals surface area (Å²) in [5.74, 6) is 0.528. The van der Waals surface area contributed by atoms with Crippen molar-refractivity contribution < 1.29 is 17.9 Å². The van der Waals surface area contributed by atoms with Crippen LogP contribution < -0.4 is 4.74 Å². The molecule has 0 aromatic carbocycles. The highest BCUT2D eigenvalue weighted by atomic mass is 19.4. The second-order valence-electron chi connectivity index (χ2n) is 3.50. The summed E-state index contributed by atoms with van der Waals surface area (Å²) in [5, 5.41) is 0. The van der Waals surface area contributed by atoms with Crippen LogP contribution in [0.25, 0.3) is 5.52 Å². The molecule has 2 aromatic heterocycles. The molecule has 0 saturated heterocycles. The predicted octanol–water partition coefficient (Wildman–Crippen LogP) is 3.28. The van der Waals surface area contributed by atoms with E-state index in [-0.39, 0.29) is 5.69 Å². The zero-order valence-electron chi connectivity index (χ0n) is 8.80. The second-order valence-corrected chi connectivity index (χ2v) is 3.50. The number of halogens is 3. The molecule has 0 spiro atoms. The minimum Gasteiger partial charge on any atom is -0.495 e. The highest BCUT2D eigenvalue weighted by Crippen LogP contribution is 2.34.